The van der Waals surface area contributed by atoms with Gasteiger partial charge in [-0.05, 0) is 36.0 Å². The summed E-state index contributed by atoms with van der Waals surface area (Å²) in [6, 6.07) is 5.42. The van der Waals surface area contributed by atoms with Crippen LogP contribution in [0.2, 0.25) is 0 Å². The SMILES string of the molecule is C=C(Cc1ccc(F)c(CCC)c1)C(C)C. The van der Waals surface area contributed by atoms with E-state index in [0.29, 0.717) is 5.92 Å². The second kappa shape index (κ2) is 5.83. The minimum absolute atomic E-state index is 0.0826. The molecule has 0 aromatic heterocycles. The van der Waals surface area contributed by atoms with Crippen molar-refractivity contribution in [3.05, 3.63) is 47.3 Å². The molecule has 0 bridgehead atoms. The summed E-state index contributed by atoms with van der Waals surface area (Å²) in [6.45, 7) is 10.4. The Morgan fingerprint density at radius 1 is 1.38 bits per heavy atom. The standard InChI is InChI=1S/C15H21F/c1-5-6-14-10-13(7-8-15(14)16)9-12(4)11(2)3/h7-8,10-11H,4-6,9H2,1-3H3. The van der Waals surface area contributed by atoms with Crippen molar-refractivity contribution in [3.8, 4) is 0 Å². The molecule has 0 unspecified atom stereocenters. The molecule has 88 valence electrons. The first-order valence-corrected chi connectivity index (χ1v) is 5.99. The van der Waals surface area contributed by atoms with Crippen molar-refractivity contribution in [1.29, 1.82) is 0 Å². The predicted molar refractivity (Wildman–Crippen MR) is 68.1 cm³/mol. The maximum atomic E-state index is 13.4. The summed E-state index contributed by atoms with van der Waals surface area (Å²) in [5.74, 6) is 0.403. The van der Waals surface area contributed by atoms with Gasteiger partial charge in [0.25, 0.3) is 0 Å². The van der Waals surface area contributed by atoms with Crippen LogP contribution in [0, 0.1) is 11.7 Å². The molecule has 0 aliphatic carbocycles. The zero-order chi connectivity index (χ0) is 12.1. The molecule has 0 saturated carbocycles. The highest BCUT2D eigenvalue weighted by Gasteiger charge is 2.06. The summed E-state index contributed by atoms with van der Waals surface area (Å²) in [4.78, 5) is 0. The van der Waals surface area contributed by atoms with Gasteiger partial charge in [-0.1, -0.05) is 51.5 Å². The first kappa shape index (κ1) is 13.0. The van der Waals surface area contributed by atoms with E-state index in [2.05, 4.69) is 27.4 Å². The second-order valence-corrected chi connectivity index (χ2v) is 4.67. The Kier molecular flexibility index (Phi) is 4.72. The van der Waals surface area contributed by atoms with Crippen LogP contribution in [0.4, 0.5) is 4.39 Å². The van der Waals surface area contributed by atoms with Crippen molar-refractivity contribution in [2.24, 2.45) is 5.92 Å². The number of rotatable bonds is 5. The minimum atomic E-state index is -0.0826. The van der Waals surface area contributed by atoms with Crippen molar-refractivity contribution in [2.75, 3.05) is 0 Å². The lowest BCUT2D eigenvalue weighted by Crippen LogP contribution is -1.99. The summed E-state index contributed by atoms with van der Waals surface area (Å²) < 4.78 is 13.4. The lowest BCUT2D eigenvalue weighted by Gasteiger charge is -2.11. The molecule has 0 N–H and O–H groups in total. The molecule has 1 rings (SSSR count). The monoisotopic (exact) mass is 220 g/mol. The fourth-order valence-electron chi connectivity index (χ4n) is 1.67. The topological polar surface area (TPSA) is 0 Å². The van der Waals surface area contributed by atoms with Crippen molar-refractivity contribution in [1.82, 2.24) is 0 Å². The highest BCUT2D eigenvalue weighted by Crippen LogP contribution is 2.18. The Morgan fingerprint density at radius 2 is 2.06 bits per heavy atom. The van der Waals surface area contributed by atoms with Gasteiger partial charge in [0.05, 0.1) is 0 Å². The molecule has 0 aliphatic heterocycles. The van der Waals surface area contributed by atoms with Gasteiger partial charge < -0.3 is 0 Å². The zero-order valence-corrected chi connectivity index (χ0v) is 10.5. The Balaban J connectivity index is 2.82. The lowest BCUT2D eigenvalue weighted by molar-refractivity contribution is 0.606. The van der Waals surface area contributed by atoms with E-state index in [1.165, 1.54) is 11.1 Å². The van der Waals surface area contributed by atoms with Crippen molar-refractivity contribution in [3.63, 3.8) is 0 Å². The normalized spacial score (nSPS) is 10.8. The smallest absolute Gasteiger partial charge is 0.126 e. The van der Waals surface area contributed by atoms with E-state index in [0.717, 1.165) is 24.8 Å². The van der Waals surface area contributed by atoms with Crippen LogP contribution in [0.15, 0.2) is 30.4 Å². The molecule has 0 fully saturated rings. The Labute approximate surface area is 98.2 Å². The van der Waals surface area contributed by atoms with E-state index in [9.17, 15) is 4.39 Å². The van der Waals surface area contributed by atoms with Gasteiger partial charge in [-0.3, -0.25) is 0 Å². The maximum absolute atomic E-state index is 13.4. The molecule has 0 aliphatic rings. The summed E-state index contributed by atoms with van der Waals surface area (Å²) >= 11 is 0. The quantitative estimate of drug-likeness (QED) is 0.639. The van der Waals surface area contributed by atoms with Gasteiger partial charge in [0.1, 0.15) is 5.82 Å². The fourth-order valence-corrected chi connectivity index (χ4v) is 1.67. The second-order valence-electron chi connectivity index (χ2n) is 4.67. The minimum Gasteiger partial charge on any atom is -0.207 e. The predicted octanol–water partition coefficient (Wildman–Crippen LogP) is 4.53. The Bertz CT molecular complexity index is 364. The summed E-state index contributed by atoms with van der Waals surface area (Å²) in [6.07, 6.45) is 2.65. The molecular weight excluding hydrogens is 199 g/mol. The third-order valence-electron chi connectivity index (χ3n) is 2.88. The number of halogens is 1. The average molecular weight is 220 g/mol. The highest BCUT2D eigenvalue weighted by atomic mass is 19.1. The third kappa shape index (κ3) is 3.48. The summed E-state index contributed by atoms with van der Waals surface area (Å²) in [5.41, 5.74) is 3.20. The fraction of sp³-hybridized carbons (Fsp3) is 0.467. The van der Waals surface area contributed by atoms with Crippen LogP contribution in [-0.2, 0) is 12.8 Å². The third-order valence-corrected chi connectivity index (χ3v) is 2.88. The largest absolute Gasteiger partial charge is 0.207 e. The number of benzene rings is 1. The van der Waals surface area contributed by atoms with Crippen LogP contribution in [-0.4, -0.2) is 0 Å². The van der Waals surface area contributed by atoms with E-state index < -0.39 is 0 Å². The molecular formula is C15H21F. The van der Waals surface area contributed by atoms with E-state index in [4.69, 9.17) is 0 Å². The van der Waals surface area contributed by atoms with E-state index in [1.54, 1.807) is 6.07 Å². The number of hydrogen-bond donors (Lipinski definition) is 0. The molecule has 0 saturated heterocycles. The number of aryl methyl sites for hydroxylation is 1. The highest BCUT2D eigenvalue weighted by molar-refractivity contribution is 5.28. The van der Waals surface area contributed by atoms with E-state index >= 15 is 0 Å². The molecule has 0 amide bonds. The zero-order valence-electron chi connectivity index (χ0n) is 10.5. The van der Waals surface area contributed by atoms with Crippen LogP contribution in [0.3, 0.4) is 0 Å². The molecule has 16 heavy (non-hydrogen) atoms. The molecule has 0 nitrogen and oxygen atoms in total. The molecule has 0 spiro atoms. The summed E-state index contributed by atoms with van der Waals surface area (Å²) in [5, 5.41) is 0. The van der Waals surface area contributed by atoms with Crippen LogP contribution in [0.25, 0.3) is 0 Å². The van der Waals surface area contributed by atoms with Crippen molar-refractivity contribution >= 4 is 0 Å². The molecule has 1 aromatic carbocycles. The van der Waals surface area contributed by atoms with Crippen LogP contribution in [0.5, 0.6) is 0 Å². The van der Waals surface area contributed by atoms with E-state index in [-0.39, 0.29) is 5.82 Å². The van der Waals surface area contributed by atoms with Gasteiger partial charge in [0, 0.05) is 0 Å². The van der Waals surface area contributed by atoms with E-state index in [1.807, 2.05) is 12.1 Å². The average Bonchev–Trinajstić information content (AvgIpc) is 2.23. The summed E-state index contributed by atoms with van der Waals surface area (Å²) in [7, 11) is 0. The molecule has 0 heterocycles. The number of allylic oxidation sites excluding steroid dienone is 1. The molecule has 0 radical (unpaired) electrons. The first-order chi connectivity index (χ1) is 7.54. The van der Waals surface area contributed by atoms with Gasteiger partial charge in [-0.25, -0.2) is 4.39 Å². The first-order valence-electron chi connectivity index (χ1n) is 5.99. The van der Waals surface area contributed by atoms with Crippen LogP contribution < -0.4 is 0 Å². The Morgan fingerprint density at radius 3 is 2.62 bits per heavy atom. The molecule has 1 aromatic rings. The van der Waals surface area contributed by atoms with Gasteiger partial charge in [-0.2, -0.15) is 0 Å². The Hall–Kier alpha value is -1.11. The maximum Gasteiger partial charge on any atom is 0.126 e. The van der Waals surface area contributed by atoms with Crippen molar-refractivity contribution < 1.29 is 4.39 Å². The molecule has 0 atom stereocenters. The van der Waals surface area contributed by atoms with Gasteiger partial charge in [0.2, 0.25) is 0 Å². The van der Waals surface area contributed by atoms with Gasteiger partial charge in [-0.15, -0.1) is 0 Å². The number of hydrogen-bond acceptors (Lipinski definition) is 0. The van der Waals surface area contributed by atoms with Crippen LogP contribution in [0.1, 0.15) is 38.3 Å². The molecule has 1 heteroatoms. The van der Waals surface area contributed by atoms with Crippen LogP contribution >= 0.6 is 0 Å². The lowest BCUT2D eigenvalue weighted by atomic mass is 9.95. The van der Waals surface area contributed by atoms with Gasteiger partial charge >= 0.3 is 0 Å². The van der Waals surface area contributed by atoms with Crippen molar-refractivity contribution in [2.45, 2.75) is 40.0 Å². The van der Waals surface area contributed by atoms with Gasteiger partial charge in [0.15, 0.2) is 0 Å².